The number of benzene rings is 2. The average Bonchev–Trinajstić information content (AvgIpc) is 2.37. The Morgan fingerprint density at radius 2 is 1.76 bits per heavy atom. The lowest BCUT2D eigenvalue weighted by Gasteiger charge is -2.08. The molecule has 0 atom stereocenters. The number of carbonyl (C=O) groups excluding carboxylic acids is 1. The molecule has 0 fully saturated rings. The van der Waals surface area contributed by atoms with Crippen molar-refractivity contribution in [2.45, 2.75) is 6.42 Å². The molecule has 2 N–H and O–H groups in total. The summed E-state index contributed by atoms with van der Waals surface area (Å²) in [4.78, 5) is 11.8. The minimum atomic E-state index is -0.0614. The van der Waals surface area contributed by atoms with Crippen LogP contribution in [0.3, 0.4) is 0 Å². The quantitative estimate of drug-likeness (QED) is 0.740. The Labute approximate surface area is 141 Å². The van der Waals surface area contributed by atoms with Crippen LogP contribution in [0.25, 0.3) is 0 Å². The van der Waals surface area contributed by atoms with Gasteiger partial charge in [-0.2, -0.15) is 0 Å². The van der Waals surface area contributed by atoms with E-state index in [-0.39, 0.29) is 5.91 Å². The highest BCUT2D eigenvalue weighted by atomic mass is 79.9. The smallest absolute Gasteiger partial charge is 0.226 e. The fraction of sp³-hybridized carbons (Fsp3) is 0.133. The zero-order valence-corrected chi connectivity index (χ0v) is 14.1. The third kappa shape index (κ3) is 5.58. The number of nitrogens with one attached hydrogen (secondary N) is 2. The molecular weight excluding hydrogens is 375 g/mol. The molecule has 110 valence electrons. The van der Waals surface area contributed by atoms with Crippen LogP contribution in [0, 0.1) is 0 Å². The lowest BCUT2D eigenvalue weighted by Crippen LogP contribution is -2.16. The van der Waals surface area contributed by atoms with Crippen molar-refractivity contribution in [2.24, 2.45) is 0 Å². The molecule has 0 aliphatic rings. The van der Waals surface area contributed by atoms with Crippen molar-refractivity contribution in [3.05, 3.63) is 57.0 Å². The maximum absolute atomic E-state index is 11.8. The van der Waals surface area contributed by atoms with Crippen molar-refractivity contribution in [3.63, 3.8) is 0 Å². The third-order valence-corrected chi connectivity index (χ3v) is 3.58. The van der Waals surface area contributed by atoms with Crippen LogP contribution in [0.1, 0.15) is 6.42 Å². The van der Waals surface area contributed by atoms with Crippen LogP contribution in [0.2, 0.25) is 10.0 Å². The Morgan fingerprint density at radius 1 is 1.05 bits per heavy atom. The molecule has 2 aromatic carbocycles. The van der Waals surface area contributed by atoms with E-state index >= 15 is 0 Å². The fourth-order valence-corrected chi connectivity index (χ4v) is 2.69. The first-order valence-corrected chi connectivity index (χ1v) is 7.83. The monoisotopic (exact) mass is 386 g/mol. The van der Waals surface area contributed by atoms with Gasteiger partial charge in [0.15, 0.2) is 0 Å². The maximum Gasteiger partial charge on any atom is 0.226 e. The first-order chi connectivity index (χ1) is 10.0. The first-order valence-electron chi connectivity index (χ1n) is 6.28. The molecule has 0 heterocycles. The van der Waals surface area contributed by atoms with Crippen LogP contribution in [0.5, 0.6) is 0 Å². The van der Waals surface area contributed by atoms with Crippen molar-refractivity contribution in [2.75, 3.05) is 17.2 Å². The molecule has 0 aliphatic heterocycles. The summed E-state index contributed by atoms with van der Waals surface area (Å²) in [6.45, 7) is 0.497. The predicted molar refractivity (Wildman–Crippen MR) is 92.3 cm³/mol. The Morgan fingerprint density at radius 3 is 2.43 bits per heavy atom. The number of rotatable bonds is 5. The molecule has 2 aromatic rings. The van der Waals surface area contributed by atoms with Gasteiger partial charge in [0, 0.05) is 38.9 Å². The highest BCUT2D eigenvalue weighted by molar-refractivity contribution is 9.10. The van der Waals surface area contributed by atoms with Crippen LogP contribution < -0.4 is 10.6 Å². The van der Waals surface area contributed by atoms with Gasteiger partial charge in [-0.3, -0.25) is 4.79 Å². The van der Waals surface area contributed by atoms with E-state index in [0.29, 0.717) is 23.0 Å². The van der Waals surface area contributed by atoms with E-state index in [9.17, 15) is 4.79 Å². The van der Waals surface area contributed by atoms with E-state index in [1.807, 2.05) is 24.3 Å². The second kappa shape index (κ2) is 7.69. The molecule has 0 saturated carbocycles. The summed E-state index contributed by atoms with van der Waals surface area (Å²) < 4.78 is 0.923. The molecule has 6 heteroatoms. The molecule has 0 bridgehead atoms. The Balaban J connectivity index is 1.81. The second-order valence-corrected chi connectivity index (χ2v) is 6.18. The van der Waals surface area contributed by atoms with Gasteiger partial charge in [-0.15, -0.1) is 0 Å². The van der Waals surface area contributed by atoms with Crippen LogP contribution >= 0.6 is 39.1 Å². The zero-order chi connectivity index (χ0) is 15.2. The van der Waals surface area contributed by atoms with Crippen molar-refractivity contribution in [1.29, 1.82) is 0 Å². The minimum Gasteiger partial charge on any atom is -0.384 e. The predicted octanol–water partition coefficient (Wildman–Crippen LogP) is 5.20. The first kappa shape index (κ1) is 16.1. The van der Waals surface area contributed by atoms with Gasteiger partial charge in [0.2, 0.25) is 5.91 Å². The van der Waals surface area contributed by atoms with Gasteiger partial charge in [-0.05, 0) is 36.4 Å². The summed E-state index contributed by atoms with van der Waals surface area (Å²) >= 11 is 15.2. The number of halogens is 3. The van der Waals surface area contributed by atoms with E-state index in [1.54, 1.807) is 18.2 Å². The van der Waals surface area contributed by atoms with Crippen molar-refractivity contribution < 1.29 is 4.79 Å². The van der Waals surface area contributed by atoms with Gasteiger partial charge in [0.1, 0.15) is 0 Å². The van der Waals surface area contributed by atoms with Gasteiger partial charge in [-0.25, -0.2) is 0 Å². The molecule has 0 radical (unpaired) electrons. The third-order valence-electron chi connectivity index (χ3n) is 2.65. The molecule has 21 heavy (non-hydrogen) atoms. The highest BCUT2D eigenvalue weighted by Gasteiger charge is 2.03. The fourth-order valence-electron chi connectivity index (χ4n) is 1.77. The number of anilines is 2. The van der Waals surface area contributed by atoms with Crippen molar-refractivity contribution in [3.8, 4) is 0 Å². The lowest BCUT2D eigenvalue weighted by atomic mass is 10.3. The number of carbonyl (C=O) groups is 1. The van der Waals surface area contributed by atoms with Gasteiger partial charge in [-0.1, -0.05) is 45.2 Å². The van der Waals surface area contributed by atoms with Crippen LogP contribution in [-0.2, 0) is 4.79 Å². The number of amides is 1. The van der Waals surface area contributed by atoms with E-state index < -0.39 is 0 Å². The molecule has 0 saturated heterocycles. The van der Waals surface area contributed by atoms with Crippen LogP contribution in [0.15, 0.2) is 46.9 Å². The molecule has 0 spiro atoms. The standard InChI is InChI=1S/C15H13BrCl2N2O/c16-10-2-1-3-13(6-10)20-15(21)4-5-19-14-8-11(17)7-12(18)9-14/h1-3,6-9,19H,4-5H2,(H,20,21). The maximum atomic E-state index is 11.8. The van der Waals surface area contributed by atoms with Crippen molar-refractivity contribution in [1.82, 2.24) is 0 Å². The Bertz CT molecular complexity index is 629. The summed E-state index contributed by atoms with van der Waals surface area (Å²) in [6, 6.07) is 12.6. The van der Waals surface area contributed by atoms with E-state index in [4.69, 9.17) is 23.2 Å². The topological polar surface area (TPSA) is 41.1 Å². The molecule has 0 aliphatic carbocycles. The number of hydrogen-bond donors (Lipinski definition) is 2. The second-order valence-electron chi connectivity index (χ2n) is 4.39. The van der Waals surface area contributed by atoms with Crippen molar-refractivity contribution >= 4 is 56.4 Å². The van der Waals surface area contributed by atoms with Crippen LogP contribution in [0.4, 0.5) is 11.4 Å². The SMILES string of the molecule is O=C(CCNc1cc(Cl)cc(Cl)c1)Nc1cccc(Br)c1. The largest absolute Gasteiger partial charge is 0.384 e. The van der Waals surface area contributed by atoms with Crippen LogP contribution in [-0.4, -0.2) is 12.5 Å². The summed E-state index contributed by atoms with van der Waals surface area (Å²) in [5, 5.41) is 7.06. The number of hydrogen-bond acceptors (Lipinski definition) is 2. The average molecular weight is 388 g/mol. The summed E-state index contributed by atoms with van der Waals surface area (Å²) in [6.07, 6.45) is 0.344. The summed E-state index contributed by atoms with van der Waals surface area (Å²) in [7, 11) is 0. The molecule has 1 amide bonds. The summed E-state index contributed by atoms with van der Waals surface area (Å²) in [5.41, 5.74) is 1.56. The van der Waals surface area contributed by atoms with Gasteiger partial charge >= 0.3 is 0 Å². The molecule has 2 rings (SSSR count). The van der Waals surface area contributed by atoms with Gasteiger partial charge in [0.25, 0.3) is 0 Å². The molecule has 0 aromatic heterocycles. The normalized spacial score (nSPS) is 10.2. The van der Waals surface area contributed by atoms with E-state index in [0.717, 1.165) is 15.8 Å². The lowest BCUT2D eigenvalue weighted by molar-refractivity contribution is -0.115. The van der Waals surface area contributed by atoms with Gasteiger partial charge < -0.3 is 10.6 Å². The molecular formula is C15H13BrCl2N2O. The van der Waals surface area contributed by atoms with E-state index in [1.165, 1.54) is 0 Å². The molecule has 3 nitrogen and oxygen atoms in total. The Hall–Kier alpha value is -1.23. The Kier molecular flexibility index (Phi) is 5.91. The van der Waals surface area contributed by atoms with Gasteiger partial charge in [0.05, 0.1) is 0 Å². The highest BCUT2D eigenvalue weighted by Crippen LogP contribution is 2.22. The minimum absolute atomic E-state index is 0.0614. The summed E-state index contributed by atoms with van der Waals surface area (Å²) in [5.74, 6) is -0.0614. The molecule has 0 unspecified atom stereocenters. The zero-order valence-electron chi connectivity index (χ0n) is 11.0. The van der Waals surface area contributed by atoms with E-state index in [2.05, 4.69) is 26.6 Å².